The van der Waals surface area contributed by atoms with E-state index in [9.17, 15) is 9.59 Å². The first-order chi connectivity index (χ1) is 11.5. The van der Waals surface area contributed by atoms with E-state index in [1.807, 2.05) is 50.2 Å². The molecule has 0 fully saturated rings. The molecule has 0 spiro atoms. The molecule has 4 nitrogen and oxygen atoms in total. The average Bonchev–Trinajstić information content (AvgIpc) is 2.56. The van der Waals surface area contributed by atoms with Gasteiger partial charge in [-0.25, -0.2) is 4.98 Å². The molecule has 122 valence electrons. The Labute approximate surface area is 144 Å². The number of thioether (sulfide) groups is 1. The summed E-state index contributed by atoms with van der Waals surface area (Å²) >= 11 is 1.30. The van der Waals surface area contributed by atoms with Crippen LogP contribution < -0.4 is 5.56 Å². The highest BCUT2D eigenvalue weighted by Crippen LogP contribution is 2.23. The third kappa shape index (κ3) is 3.12. The maximum atomic E-state index is 13.1. The zero-order chi connectivity index (χ0) is 17.3. The SMILES string of the molecule is CC(=O)CSc1nc2ccccc2c(=O)n1-c1cc(C)ccc1C. The first kappa shape index (κ1) is 16.5. The number of nitrogens with zero attached hydrogens (tertiary/aromatic N) is 2. The minimum atomic E-state index is -0.111. The number of carbonyl (C=O) groups is 1. The fourth-order valence-electron chi connectivity index (χ4n) is 2.55. The second-order valence-corrected chi connectivity index (χ2v) is 6.78. The molecule has 0 N–H and O–H groups in total. The van der Waals surface area contributed by atoms with Crippen molar-refractivity contribution in [3.8, 4) is 5.69 Å². The van der Waals surface area contributed by atoms with Crippen LogP contribution in [-0.2, 0) is 4.79 Å². The summed E-state index contributed by atoms with van der Waals surface area (Å²) in [5.41, 5.74) is 3.40. The second-order valence-electron chi connectivity index (χ2n) is 5.83. The highest BCUT2D eigenvalue weighted by Gasteiger charge is 2.15. The van der Waals surface area contributed by atoms with Crippen LogP contribution in [0.3, 0.4) is 0 Å². The van der Waals surface area contributed by atoms with Gasteiger partial charge < -0.3 is 0 Å². The number of carbonyl (C=O) groups excluding carboxylic acids is 1. The highest BCUT2D eigenvalue weighted by molar-refractivity contribution is 7.99. The first-order valence-electron chi connectivity index (χ1n) is 7.69. The van der Waals surface area contributed by atoms with E-state index < -0.39 is 0 Å². The Kier molecular flexibility index (Phi) is 4.53. The number of ketones is 1. The van der Waals surface area contributed by atoms with Gasteiger partial charge >= 0.3 is 0 Å². The zero-order valence-electron chi connectivity index (χ0n) is 13.9. The van der Waals surface area contributed by atoms with Gasteiger partial charge in [-0.3, -0.25) is 14.2 Å². The van der Waals surface area contributed by atoms with Crippen LogP contribution in [0.1, 0.15) is 18.1 Å². The first-order valence-corrected chi connectivity index (χ1v) is 8.67. The molecule has 24 heavy (non-hydrogen) atoms. The van der Waals surface area contributed by atoms with Gasteiger partial charge in [0, 0.05) is 0 Å². The molecule has 5 heteroatoms. The normalized spacial score (nSPS) is 11.0. The topological polar surface area (TPSA) is 52.0 Å². The van der Waals surface area contributed by atoms with E-state index in [0.29, 0.717) is 16.1 Å². The summed E-state index contributed by atoms with van der Waals surface area (Å²) in [6.07, 6.45) is 0. The molecule has 0 unspecified atom stereocenters. The Morgan fingerprint density at radius 3 is 2.67 bits per heavy atom. The van der Waals surface area contributed by atoms with E-state index in [1.165, 1.54) is 18.7 Å². The Morgan fingerprint density at radius 2 is 1.92 bits per heavy atom. The Balaban J connectivity index is 2.32. The molecular formula is C19H18N2O2S. The summed E-state index contributed by atoms with van der Waals surface area (Å²) < 4.78 is 1.62. The maximum Gasteiger partial charge on any atom is 0.266 e. The van der Waals surface area contributed by atoms with Crippen LogP contribution in [0, 0.1) is 13.8 Å². The van der Waals surface area contributed by atoms with Crippen LogP contribution in [0.4, 0.5) is 0 Å². The van der Waals surface area contributed by atoms with Crippen molar-refractivity contribution in [3.63, 3.8) is 0 Å². The van der Waals surface area contributed by atoms with Crippen LogP contribution in [0.2, 0.25) is 0 Å². The second kappa shape index (κ2) is 6.61. The number of hydrogen-bond acceptors (Lipinski definition) is 4. The summed E-state index contributed by atoms with van der Waals surface area (Å²) in [6, 6.07) is 13.3. The lowest BCUT2D eigenvalue weighted by Gasteiger charge is -2.15. The molecule has 1 heterocycles. The lowest BCUT2D eigenvalue weighted by atomic mass is 10.1. The molecule has 0 saturated heterocycles. The minimum absolute atomic E-state index is 0.0509. The standard InChI is InChI=1S/C19H18N2O2S/c1-12-8-9-13(2)17(10-12)21-18(23)15-6-4-5-7-16(15)20-19(21)24-11-14(3)22/h4-10H,11H2,1-3H3. The van der Waals surface area contributed by atoms with Crippen molar-refractivity contribution < 1.29 is 4.79 Å². The predicted octanol–water partition coefficient (Wildman–Crippen LogP) is 3.68. The number of para-hydroxylation sites is 1. The monoisotopic (exact) mass is 338 g/mol. The van der Waals surface area contributed by atoms with E-state index in [1.54, 1.807) is 10.6 Å². The smallest absolute Gasteiger partial charge is 0.266 e. The van der Waals surface area contributed by atoms with Crippen LogP contribution in [0.5, 0.6) is 0 Å². The molecule has 0 aliphatic rings. The average molecular weight is 338 g/mol. The van der Waals surface area contributed by atoms with Gasteiger partial charge in [0.1, 0.15) is 5.78 Å². The van der Waals surface area contributed by atoms with E-state index >= 15 is 0 Å². The summed E-state index contributed by atoms with van der Waals surface area (Å²) in [7, 11) is 0. The number of rotatable bonds is 4. The van der Waals surface area contributed by atoms with E-state index in [4.69, 9.17) is 0 Å². The van der Waals surface area contributed by atoms with Crippen molar-refractivity contribution in [2.45, 2.75) is 25.9 Å². The number of benzene rings is 2. The molecule has 3 aromatic rings. The van der Waals surface area contributed by atoms with Crippen molar-refractivity contribution in [1.82, 2.24) is 9.55 Å². The van der Waals surface area contributed by atoms with Crippen molar-refractivity contribution in [1.29, 1.82) is 0 Å². The summed E-state index contributed by atoms with van der Waals surface area (Å²) in [5, 5.41) is 1.12. The molecule has 2 aromatic carbocycles. The molecular weight excluding hydrogens is 320 g/mol. The van der Waals surface area contributed by atoms with E-state index in [-0.39, 0.29) is 17.1 Å². The van der Waals surface area contributed by atoms with Crippen molar-refractivity contribution >= 4 is 28.4 Å². The van der Waals surface area contributed by atoms with Crippen LogP contribution >= 0.6 is 11.8 Å². The van der Waals surface area contributed by atoms with Crippen LogP contribution in [-0.4, -0.2) is 21.1 Å². The summed E-state index contributed by atoms with van der Waals surface area (Å²) in [4.78, 5) is 29.1. The molecule has 0 bridgehead atoms. The van der Waals surface area contributed by atoms with Crippen LogP contribution in [0.15, 0.2) is 52.4 Å². The largest absolute Gasteiger partial charge is 0.299 e. The Hall–Kier alpha value is -2.40. The van der Waals surface area contributed by atoms with Gasteiger partial charge in [0.25, 0.3) is 5.56 Å². The fourth-order valence-corrected chi connectivity index (χ4v) is 3.35. The lowest BCUT2D eigenvalue weighted by Crippen LogP contribution is -2.23. The molecule has 0 atom stereocenters. The van der Waals surface area contributed by atoms with Gasteiger partial charge in [0.2, 0.25) is 0 Å². The predicted molar refractivity (Wildman–Crippen MR) is 98.2 cm³/mol. The highest BCUT2D eigenvalue weighted by atomic mass is 32.2. The van der Waals surface area contributed by atoms with Crippen LogP contribution in [0.25, 0.3) is 16.6 Å². The molecule has 3 rings (SSSR count). The minimum Gasteiger partial charge on any atom is -0.299 e. The van der Waals surface area contributed by atoms with E-state index in [0.717, 1.165) is 16.8 Å². The number of fused-ring (bicyclic) bond motifs is 1. The maximum absolute atomic E-state index is 13.1. The molecule has 0 aliphatic carbocycles. The van der Waals surface area contributed by atoms with Gasteiger partial charge in [-0.15, -0.1) is 0 Å². The number of aromatic nitrogens is 2. The van der Waals surface area contributed by atoms with Crippen molar-refractivity contribution in [3.05, 3.63) is 63.9 Å². The Bertz CT molecular complexity index is 992. The number of Topliss-reactive ketones (excluding diaryl/α,β-unsaturated/α-hetero) is 1. The molecule has 0 aliphatic heterocycles. The van der Waals surface area contributed by atoms with Crippen molar-refractivity contribution in [2.24, 2.45) is 0 Å². The molecule has 0 radical (unpaired) electrons. The summed E-state index contributed by atoms with van der Waals surface area (Å²) in [5.74, 6) is 0.338. The van der Waals surface area contributed by atoms with Gasteiger partial charge in [0.15, 0.2) is 5.16 Å². The van der Waals surface area contributed by atoms with Gasteiger partial charge in [-0.2, -0.15) is 0 Å². The van der Waals surface area contributed by atoms with Gasteiger partial charge in [0.05, 0.1) is 22.3 Å². The molecule has 0 amide bonds. The van der Waals surface area contributed by atoms with Gasteiger partial charge in [-0.05, 0) is 50.1 Å². The zero-order valence-corrected chi connectivity index (χ0v) is 14.7. The summed E-state index contributed by atoms with van der Waals surface area (Å²) in [6.45, 7) is 5.50. The van der Waals surface area contributed by atoms with Gasteiger partial charge in [-0.1, -0.05) is 36.0 Å². The molecule has 1 aromatic heterocycles. The number of aryl methyl sites for hydroxylation is 2. The third-order valence-corrected chi connectivity index (χ3v) is 4.84. The lowest BCUT2D eigenvalue weighted by molar-refractivity contribution is -0.114. The quantitative estimate of drug-likeness (QED) is 0.538. The number of hydrogen-bond donors (Lipinski definition) is 0. The molecule has 0 saturated carbocycles. The third-order valence-electron chi connectivity index (χ3n) is 3.76. The van der Waals surface area contributed by atoms with E-state index in [2.05, 4.69) is 4.98 Å². The fraction of sp³-hybridized carbons (Fsp3) is 0.211. The van der Waals surface area contributed by atoms with Crippen molar-refractivity contribution in [2.75, 3.05) is 5.75 Å². The Morgan fingerprint density at radius 1 is 1.17 bits per heavy atom.